The highest BCUT2D eigenvalue weighted by atomic mass is 16.5. The second-order valence-electron chi connectivity index (χ2n) is 9.51. The second-order valence-corrected chi connectivity index (χ2v) is 9.51. The average molecular weight is 471 g/mol. The van der Waals surface area contributed by atoms with Crippen LogP contribution in [0.25, 0.3) is 0 Å². The Hall–Kier alpha value is -2.12. The van der Waals surface area contributed by atoms with Gasteiger partial charge in [-0.25, -0.2) is 0 Å². The first-order valence-electron chi connectivity index (χ1n) is 12.5. The zero-order valence-corrected chi connectivity index (χ0v) is 21.3. The third kappa shape index (κ3) is 7.98. The van der Waals surface area contributed by atoms with Crippen LogP contribution in [0.2, 0.25) is 0 Å². The SMILES string of the molecule is COc1ccc(C(O)CCN2CCN(CC(OCCC(C)C)c3ccccc3)CC2)c(OC)c1. The Kier molecular flexibility index (Phi) is 10.7. The van der Waals surface area contributed by atoms with Gasteiger partial charge in [-0.3, -0.25) is 4.90 Å². The van der Waals surface area contributed by atoms with Crippen molar-refractivity contribution >= 4 is 0 Å². The maximum atomic E-state index is 10.8. The first-order valence-corrected chi connectivity index (χ1v) is 12.5. The number of ether oxygens (including phenoxy) is 3. The fourth-order valence-electron chi connectivity index (χ4n) is 4.35. The van der Waals surface area contributed by atoms with E-state index in [1.165, 1.54) is 5.56 Å². The Bertz CT molecular complexity index is 838. The van der Waals surface area contributed by atoms with E-state index < -0.39 is 6.10 Å². The van der Waals surface area contributed by atoms with Gasteiger partial charge in [-0.1, -0.05) is 44.2 Å². The van der Waals surface area contributed by atoms with E-state index in [0.29, 0.717) is 18.1 Å². The van der Waals surface area contributed by atoms with Crippen molar-refractivity contribution in [2.75, 3.05) is 60.1 Å². The third-order valence-corrected chi connectivity index (χ3v) is 6.59. The van der Waals surface area contributed by atoms with Crippen molar-refractivity contribution in [3.8, 4) is 11.5 Å². The number of hydrogen-bond donors (Lipinski definition) is 1. The molecule has 2 atom stereocenters. The summed E-state index contributed by atoms with van der Waals surface area (Å²) in [5.74, 6) is 2.04. The van der Waals surface area contributed by atoms with E-state index in [9.17, 15) is 5.11 Å². The number of hydrogen-bond acceptors (Lipinski definition) is 6. The van der Waals surface area contributed by atoms with Gasteiger partial charge in [-0.15, -0.1) is 0 Å². The summed E-state index contributed by atoms with van der Waals surface area (Å²) in [6, 6.07) is 16.2. The number of nitrogens with zero attached hydrogens (tertiary/aromatic N) is 2. The van der Waals surface area contributed by atoms with Crippen molar-refractivity contribution in [1.82, 2.24) is 9.80 Å². The normalized spacial score (nSPS) is 17.0. The summed E-state index contributed by atoms with van der Waals surface area (Å²) in [7, 11) is 3.25. The molecule has 6 nitrogen and oxygen atoms in total. The van der Waals surface area contributed by atoms with Gasteiger partial charge in [0.05, 0.1) is 26.4 Å². The number of aliphatic hydroxyl groups excluding tert-OH is 1. The quantitative estimate of drug-likeness (QED) is 0.464. The summed E-state index contributed by atoms with van der Waals surface area (Å²) >= 11 is 0. The lowest BCUT2D eigenvalue weighted by Gasteiger charge is -2.36. The predicted octanol–water partition coefficient (Wildman–Crippen LogP) is 4.55. The van der Waals surface area contributed by atoms with Gasteiger partial charge in [0.25, 0.3) is 0 Å². The summed E-state index contributed by atoms with van der Waals surface area (Å²) in [4.78, 5) is 4.94. The third-order valence-electron chi connectivity index (χ3n) is 6.59. The van der Waals surface area contributed by atoms with Gasteiger partial charge in [0.1, 0.15) is 11.5 Å². The Morgan fingerprint density at radius 1 is 0.882 bits per heavy atom. The fourth-order valence-corrected chi connectivity index (χ4v) is 4.35. The molecular formula is C28H42N2O4. The molecule has 1 fully saturated rings. The van der Waals surface area contributed by atoms with Gasteiger partial charge in [-0.2, -0.15) is 0 Å². The number of aliphatic hydroxyl groups is 1. The molecule has 3 rings (SSSR count). The average Bonchev–Trinajstić information content (AvgIpc) is 2.87. The predicted molar refractivity (Wildman–Crippen MR) is 137 cm³/mol. The first-order chi connectivity index (χ1) is 16.5. The molecule has 0 bridgehead atoms. The highest BCUT2D eigenvalue weighted by Gasteiger charge is 2.23. The number of benzene rings is 2. The van der Waals surface area contributed by atoms with E-state index in [-0.39, 0.29) is 6.10 Å². The zero-order valence-electron chi connectivity index (χ0n) is 21.3. The van der Waals surface area contributed by atoms with Gasteiger partial charge in [-0.05, 0) is 36.5 Å². The van der Waals surface area contributed by atoms with Crippen LogP contribution >= 0.6 is 0 Å². The molecule has 1 heterocycles. The number of methoxy groups -OCH3 is 2. The maximum Gasteiger partial charge on any atom is 0.128 e. The molecule has 2 aromatic rings. The molecular weight excluding hydrogens is 428 g/mol. The monoisotopic (exact) mass is 470 g/mol. The highest BCUT2D eigenvalue weighted by Crippen LogP contribution is 2.31. The second kappa shape index (κ2) is 13.7. The molecule has 0 saturated carbocycles. The molecule has 1 aliphatic rings. The van der Waals surface area contributed by atoms with Crippen LogP contribution in [0.1, 0.15) is 50.0 Å². The molecule has 1 aliphatic heterocycles. The molecule has 0 amide bonds. The zero-order chi connectivity index (χ0) is 24.3. The van der Waals surface area contributed by atoms with Crippen LogP contribution < -0.4 is 9.47 Å². The molecule has 2 aromatic carbocycles. The van der Waals surface area contributed by atoms with Crippen LogP contribution in [0, 0.1) is 5.92 Å². The molecule has 1 saturated heterocycles. The van der Waals surface area contributed by atoms with E-state index in [4.69, 9.17) is 14.2 Å². The summed E-state index contributed by atoms with van der Waals surface area (Å²) < 4.78 is 17.0. The van der Waals surface area contributed by atoms with E-state index >= 15 is 0 Å². The van der Waals surface area contributed by atoms with Crippen molar-refractivity contribution in [2.45, 2.75) is 38.9 Å². The Morgan fingerprint density at radius 2 is 1.59 bits per heavy atom. The fraction of sp³-hybridized carbons (Fsp3) is 0.571. The Balaban J connectivity index is 1.47. The number of piperazine rings is 1. The van der Waals surface area contributed by atoms with E-state index in [2.05, 4.69) is 54.0 Å². The summed E-state index contributed by atoms with van der Waals surface area (Å²) in [5.41, 5.74) is 2.07. The van der Waals surface area contributed by atoms with Crippen molar-refractivity contribution in [3.63, 3.8) is 0 Å². The smallest absolute Gasteiger partial charge is 0.128 e. The molecule has 1 N–H and O–H groups in total. The molecule has 2 unspecified atom stereocenters. The van der Waals surface area contributed by atoms with Crippen molar-refractivity contribution < 1.29 is 19.3 Å². The summed E-state index contributed by atoms with van der Waals surface area (Å²) in [6.07, 6.45) is 1.30. The molecule has 34 heavy (non-hydrogen) atoms. The van der Waals surface area contributed by atoms with Gasteiger partial charge < -0.3 is 24.2 Å². The van der Waals surface area contributed by atoms with Crippen molar-refractivity contribution in [2.24, 2.45) is 5.92 Å². The van der Waals surface area contributed by atoms with E-state index in [0.717, 1.165) is 63.6 Å². The molecule has 188 valence electrons. The highest BCUT2D eigenvalue weighted by molar-refractivity contribution is 5.41. The molecule has 0 radical (unpaired) electrons. The lowest BCUT2D eigenvalue weighted by Crippen LogP contribution is -2.48. The summed E-state index contributed by atoms with van der Waals surface area (Å²) in [6.45, 7) is 11.1. The first kappa shape index (κ1) is 26.5. The van der Waals surface area contributed by atoms with Crippen LogP contribution in [0.15, 0.2) is 48.5 Å². The van der Waals surface area contributed by atoms with Crippen LogP contribution in [0.5, 0.6) is 11.5 Å². The minimum Gasteiger partial charge on any atom is -0.497 e. The van der Waals surface area contributed by atoms with Crippen LogP contribution in [0.3, 0.4) is 0 Å². The molecule has 0 aromatic heterocycles. The maximum absolute atomic E-state index is 10.8. The Labute approximate surface area is 205 Å². The molecule has 6 heteroatoms. The van der Waals surface area contributed by atoms with E-state index in [1.807, 2.05) is 18.2 Å². The van der Waals surface area contributed by atoms with E-state index in [1.54, 1.807) is 14.2 Å². The number of rotatable bonds is 13. The van der Waals surface area contributed by atoms with Gasteiger partial charge in [0, 0.05) is 57.5 Å². The van der Waals surface area contributed by atoms with Crippen LogP contribution in [-0.4, -0.2) is 75.0 Å². The van der Waals surface area contributed by atoms with Gasteiger partial charge in [0.2, 0.25) is 0 Å². The van der Waals surface area contributed by atoms with Gasteiger partial charge in [0.15, 0.2) is 0 Å². The lowest BCUT2D eigenvalue weighted by molar-refractivity contribution is 0.00675. The van der Waals surface area contributed by atoms with Crippen molar-refractivity contribution in [1.29, 1.82) is 0 Å². The minimum atomic E-state index is -0.560. The Morgan fingerprint density at radius 3 is 2.24 bits per heavy atom. The standard InChI is InChI=1S/C28H42N2O4/c1-22(2)13-19-34-28(23-8-6-5-7-9-23)21-30-17-15-29(16-18-30)14-12-26(31)25-11-10-24(32-3)20-27(25)33-4/h5-11,20,22,26,28,31H,12-19,21H2,1-4H3. The van der Waals surface area contributed by atoms with Crippen LogP contribution in [0.4, 0.5) is 0 Å². The lowest BCUT2D eigenvalue weighted by atomic mass is 10.0. The minimum absolute atomic E-state index is 0.107. The van der Waals surface area contributed by atoms with Gasteiger partial charge >= 0.3 is 0 Å². The van der Waals surface area contributed by atoms with Crippen molar-refractivity contribution in [3.05, 3.63) is 59.7 Å². The molecule has 0 aliphatic carbocycles. The summed E-state index contributed by atoms with van der Waals surface area (Å²) in [5, 5.41) is 10.8. The topological polar surface area (TPSA) is 54.4 Å². The van der Waals surface area contributed by atoms with Crippen LogP contribution in [-0.2, 0) is 4.74 Å². The largest absolute Gasteiger partial charge is 0.497 e. The molecule has 0 spiro atoms.